The molecular weight excluding hydrogens is 396 g/mol. The zero-order valence-electron chi connectivity index (χ0n) is 17.4. The molecule has 1 aliphatic rings. The molecule has 0 saturated carbocycles. The second-order valence-electron chi connectivity index (χ2n) is 7.83. The van der Waals surface area contributed by atoms with Crippen LogP contribution in [0.1, 0.15) is 30.7 Å². The van der Waals surface area contributed by atoms with Crippen molar-refractivity contribution in [1.82, 2.24) is 14.5 Å². The lowest BCUT2D eigenvalue weighted by molar-refractivity contribution is -0.136. The summed E-state index contributed by atoms with van der Waals surface area (Å²) in [4.78, 5) is 30.9. The molecule has 0 spiro atoms. The molecule has 0 radical (unpaired) electrons. The van der Waals surface area contributed by atoms with E-state index in [0.717, 1.165) is 5.56 Å². The number of carbonyl (C=O) groups excluding carboxylic acids is 1. The minimum absolute atomic E-state index is 0.0352. The second-order valence-corrected chi connectivity index (χ2v) is 7.83. The average Bonchev–Trinajstić information content (AvgIpc) is 2.78. The Labute approximate surface area is 181 Å². The summed E-state index contributed by atoms with van der Waals surface area (Å²) in [6.07, 6.45) is 7.98. The van der Waals surface area contributed by atoms with E-state index in [1.807, 2.05) is 30.3 Å². The van der Waals surface area contributed by atoms with Crippen LogP contribution in [0.3, 0.4) is 0 Å². The van der Waals surface area contributed by atoms with E-state index in [4.69, 9.17) is 11.5 Å². The predicted octanol–water partition coefficient (Wildman–Crippen LogP) is 0.808. The molecule has 1 atom stereocenters. The number of rotatable bonds is 8. The maximum absolute atomic E-state index is 12.7. The first kappa shape index (κ1) is 22.5. The van der Waals surface area contributed by atoms with Crippen LogP contribution in [-0.4, -0.2) is 62.4 Å². The van der Waals surface area contributed by atoms with Gasteiger partial charge in [-0.2, -0.15) is 0 Å². The lowest BCUT2D eigenvalue weighted by Crippen LogP contribution is -2.49. The van der Waals surface area contributed by atoms with Crippen molar-refractivity contribution in [3.05, 3.63) is 58.6 Å². The molecule has 0 unspecified atom stereocenters. The van der Waals surface area contributed by atoms with E-state index in [0.29, 0.717) is 38.3 Å². The van der Waals surface area contributed by atoms with E-state index in [1.165, 1.54) is 17.0 Å². The van der Waals surface area contributed by atoms with E-state index in [-0.39, 0.29) is 37.0 Å². The Morgan fingerprint density at radius 3 is 2.61 bits per heavy atom. The molecule has 1 amide bonds. The van der Waals surface area contributed by atoms with Crippen LogP contribution in [0.15, 0.2) is 47.5 Å². The molecule has 1 aliphatic heterocycles. The SMILES string of the molecule is C#C[C@H](CC(=O)N1CCC(O)(Cn2cnc(NCCO)cc2=O)CC1)c1ccccc1. The van der Waals surface area contributed by atoms with Crippen LogP contribution in [0.2, 0.25) is 0 Å². The van der Waals surface area contributed by atoms with Gasteiger partial charge in [-0.25, -0.2) is 4.98 Å². The Balaban J connectivity index is 1.56. The van der Waals surface area contributed by atoms with Crippen LogP contribution in [-0.2, 0) is 11.3 Å². The average molecular weight is 425 g/mol. The molecule has 0 aliphatic carbocycles. The fourth-order valence-electron chi connectivity index (χ4n) is 3.73. The summed E-state index contributed by atoms with van der Waals surface area (Å²) in [5, 5.41) is 22.6. The zero-order chi connectivity index (χ0) is 22.3. The van der Waals surface area contributed by atoms with Crippen LogP contribution in [0.25, 0.3) is 0 Å². The lowest BCUT2D eigenvalue weighted by Gasteiger charge is -2.38. The van der Waals surface area contributed by atoms with Crippen molar-refractivity contribution in [1.29, 1.82) is 0 Å². The summed E-state index contributed by atoms with van der Waals surface area (Å²) >= 11 is 0. The lowest BCUT2D eigenvalue weighted by atomic mass is 9.90. The van der Waals surface area contributed by atoms with Gasteiger partial charge >= 0.3 is 0 Å². The first-order valence-electron chi connectivity index (χ1n) is 10.4. The first-order valence-corrected chi connectivity index (χ1v) is 10.4. The number of terminal acetylenes is 1. The Hall–Kier alpha value is -3.15. The Kier molecular flexibility index (Phi) is 7.45. The predicted molar refractivity (Wildman–Crippen MR) is 117 cm³/mol. The van der Waals surface area contributed by atoms with Gasteiger partial charge in [0.05, 0.1) is 31.0 Å². The third kappa shape index (κ3) is 5.94. The fraction of sp³-hybridized carbons (Fsp3) is 0.435. The third-order valence-electron chi connectivity index (χ3n) is 5.59. The van der Waals surface area contributed by atoms with Crippen LogP contribution >= 0.6 is 0 Å². The number of hydrogen-bond acceptors (Lipinski definition) is 6. The van der Waals surface area contributed by atoms with E-state index in [2.05, 4.69) is 16.2 Å². The molecule has 1 aromatic heterocycles. The molecule has 3 rings (SSSR count). The van der Waals surface area contributed by atoms with Crippen molar-refractivity contribution in [3.63, 3.8) is 0 Å². The van der Waals surface area contributed by atoms with Crippen LogP contribution < -0.4 is 10.9 Å². The highest BCUT2D eigenvalue weighted by molar-refractivity contribution is 5.77. The maximum Gasteiger partial charge on any atom is 0.255 e. The first-order chi connectivity index (χ1) is 14.9. The number of anilines is 1. The van der Waals surface area contributed by atoms with Gasteiger partial charge in [0.25, 0.3) is 5.56 Å². The fourth-order valence-corrected chi connectivity index (χ4v) is 3.73. The highest BCUT2D eigenvalue weighted by Gasteiger charge is 2.35. The number of carbonyl (C=O) groups is 1. The van der Waals surface area contributed by atoms with E-state index in [9.17, 15) is 14.7 Å². The van der Waals surface area contributed by atoms with Gasteiger partial charge in [-0.3, -0.25) is 14.2 Å². The molecule has 164 valence electrons. The number of hydrogen-bond donors (Lipinski definition) is 3. The number of likely N-dealkylation sites (tertiary alicyclic amines) is 1. The van der Waals surface area contributed by atoms with E-state index in [1.54, 1.807) is 4.90 Å². The van der Waals surface area contributed by atoms with Gasteiger partial charge < -0.3 is 20.4 Å². The molecule has 1 aromatic carbocycles. The van der Waals surface area contributed by atoms with Crippen molar-refractivity contribution in [3.8, 4) is 12.3 Å². The molecule has 1 fully saturated rings. The number of aliphatic hydroxyl groups excluding tert-OH is 1. The molecule has 3 N–H and O–H groups in total. The Bertz CT molecular complexity index is 975. The van der Waals surface area contributed by atoms with Gasteiger partial charge in [-0.15, -0.1) is 6.42 Å². The molecule has 1 saturated heterocycles. The van der Waals surface area contributed by atoms with Crippen LogP contribution in [0.5, 0.6) is 0 Å². The summed E-state index contributed by atoms with van der Waals surface area (Å²) in [6, 6.07) is 10.9. The van der Waals surface area contributed by atoms with E-state index < -0.39 is 5.60 Å². The van der Waals surface area contributed by atoms with Crippen LogP contribution in [0.4, 0.5) is 5.82 Å². The molecule has 8 nitrogen and oxygen atoms in total. The van der Waals surface area contributed by atoms with Crippen molar-refractivity contribution in [2.75, 3.05) is 31.6 Å². The minimum Gasteiger partial charge on any atom is -0.395 e. The monoisotopic (exact) mass is 424 g/mol. The van der Waals surface area contributed by atoms with Gasteiger partial charge in [0.1, 0.15) is 5.82 Å². The third-order valence-corrected chi connectivity index (χ3v) is 5.59. The highest BCUT2D eigenvalue weighted by Crippen LogP contribution is 2.26. The normalized spacial score (nSPS) is 16.4. The number of nitrogens with zero attached hydrogens (tertiary/aromatic N) is 3. The number of aromatic nitrogens is 2. The van der Waals surface area contributed by atoms with Crippen molar-refractivity contribution >= 4 is 11.7 Å². The largest absolute Gasteiger partial charge is 0.395 e. The smallest absolute Gasteiger partial charge is 0.255 e. The number of piperidine rings is 1. The number of amides is 1. The van der Waals surface area contributed by atoms with Gasteiger partial charge in [0.15, 0.2) is 0 Å². The molecule has 0 bridgehead atoms. The summed E-state index contributed by atoms with van der Waals surface area (Å²) in [6.45, 7) is 1.15. The Morgan fingerprint density at radius 1 is 1.29 bits per heavy atom. The molecule has 8 heteroatoms. The van der Waals surface area contributed by atoms with Crippen molar-refractivity contribution in [2.45, 2.75) is 37.3 Å². The van der Waals surface area contributed by atoms with Crippen LogP contribution in [0, 0.1) is 12.3 Å². The number of aliphatic hydroxyl groups is 2. The minimum atomic E-state index is -1.09. The standard InChI is InChI=1S/C23H28N4O4/c1-2-18(19-6-4-3-5-7-19)14-21(29)26-11-8-23(31,9-12-26)16-27-17-25-20(15-22(27)30)24-10-13-28/h1,3-7,15,17-18,24,28,31H,8-14,16H2/t18-/m1/s1. The molecule has 31 heavy (non-hydrogen) atoms. The topological polar surface area (TPSA) is 108 Å². The van der Waals surface area contributed by atoms with Gasteiger partial charge in [0.2, 0.25) is 5.91 Å². The summed E-state index contributed by atoms with van der Waals surface area (Å²) in [7, 11) is 0. The summed E-state index contributed by atoms with van der Waals surface area (Å²) < 4.78 is 1.37. The van der Waals surface area contributed by atoms with Gasteiger partial charge in [-0.1, -0.05) is 36.3 Å². The molecular formula is C23H28N4O4. The summed E-state index contributed by atoms with van der Waals surface area (Å²) in [5.74, 6) is 2.76. The zero-order valence-corrected chi connectivity index (χ0v) is 17.4. The Morgan fingerprint density at radius 2 is 2.00 bits per heavy atom. The molecule has 2 heterocycles. The van der Waals surface area contributed by atoms with Crippen molar-refractivity contribution in [2.24, 2.45) is 0 Å². The quantitative estimate of drug-likeness (QED) is 0.542. The molecule has 2 aromatic rings. The maximum atomic E-state index is 12.7. The summed E-state index contributed by atoms with van der Waals surface area (Å²) in [5.41, 5.74) is -0.439. The van der Waals surface area contributed by atoms with Crippen molar-refractivity contribution < 1.29 is 15.0 Å². The van der Waals surface area contributed by atoms with Gasteiger partial charge in [-0.05, 0) is 18.4 Å². The highest BCUT2D eigenvalue weighted by atomic mass is 16.3. The number of benzene rings is 1. The second kappa shape index (κ2) is 10.2. The number of nitrogens with one attached hydrogen (secondary N) is 1. The van der Waals surface area contributed by atoms with E-state index >= 15 is 0 Å². The van der Waals surface area contributed by atoms with Gasteiger partial charge in [0, 0.05) is 32.1 Å².